The molecule has 0 atom stereocenters. The van der Waals surface area contributed by atoms with Gasteiger partial charge in [0.2, 0.25) is 0 Å². The molecule has 1 amide bonds. The lowest BCUT2D eigenvalue weighted by Crippen LogP contribution is -2.16. The number of thiophene rings is 1. The topological polar surface area (TPSA) is 64.6 Å². The molecule has 0 aliphatic rings. The highest BCUT2D eigenvalue weighted by Gasteiger charge is 2.22. The third-order valence-corrected chi connectivity index (χ3v) is 3.54. The molecule has 1 N–H and O–H groups in total. The molecular weight excluding hydrogens is 266 g/mol. The van der Waals surface area contributed by atoms with Crippen LogP contribution in [-0.2, 0) is 9.47 Å². The molecule has 1 aromatic rings. The summed E-state index contributed by atoms with van der Waals surface area (Å²) in [6, 6.07) is 0. The zero-order chi connectivity index (χ0) is 14.4. The van der Waals surface area contributed by atoms with Gasteiger partial charge < -0.3 is 9.47 Å². The number of anilines is 1. The molecular formula is C13H17NO4S. The molecule has 5 nitrogen and oxygen atoms in total. The fourth-order valence-corrected chi connectivity index (χ4v) is 2.46. The van der Waals surface area contributed by atoms with Gasteiger partial charge in [-0.3, -0.25) is 5.32 Å². The summed E-state index contributed by atoms with van der Waals surface area (Å²) in [5.41, 5.74) is 1.20. The Bertz CT molecular complexity index is 493. The molecule has 0 aliphatic heterocycles. The molecule has 19 heavy (non-hydrogen) atoms. The molecule has 0 aromatic carbocycles. The molecule has 1 aromatic heterocycles. The highest BCUT2D eigenvalue weighted by molar-refractivity contribution is 7.16. The van der Waals surface area contributed by atoms with E-state index in [9.17, 15) is 9.59 Å². The van der Waals surface area contributed by atoms with E-state index in [-0.39, 0.29) is 13.2 Å². The van der Waals surface area contributed by atoms with Crippen LogP contribution >= 0.6 is 11.3 Å². The van der Waals surface area contributed by atoms with Gasteiger partial charge in [0.05, 0.1) is 12.2 Å². The first-order valence-corrected chi connectivity index (χ1v) is 6.64. The van der Waals surface area contributed by atoms with E-state index in [2.05, 4.69) is 11.9 Å². The van der Waals surface area contributed by atoms with Crippen LogP contribution in [0.1, 0.15) is 27.7 Å². The van der Waals surface area contributed by atoms with Crippen LogP contribution in [0.4, 0.5) is 9.80 Å². The van der Waals surface area contributed by atoms with Gasteiger partial charge in [0.15, 0.2) is 0 Å². The Balaban J connectivity index is 2.94. The quantitative estimate of drug-likeness (QED) is 0.665. The fraction of sp³-hybridized carbons (Fsp3) is 0.385. The molecule has 1 heterocycles. The van der Waals surface area contributed by atoms with Crippen molar-refractivity contribution >= 4 is 28.4 Å². The van der Waals surface area contributed by atoms with Gasteiger partial charge in [0, 0.05) is 4.88 Å². The zero-order valence-electron chi connectivity index (χ0n) is 11.2. The molecule has 1 rings (SSSR count). The van der Waals surface area contributed by atoms with Gasteiger partial charge in [-0.1, -0.05) is 12.7 Å². The number of aryl methyl sites for hydroxylation is 1. The average molecular weight is 283 g/mol. The first-order valence-electron chi connectivity index (χ1n) is 5.83. The monoisotopic (exact) mass is 283 g/mol. The molecule has 0 fully saturated rings. The Hall–Kier alpha value is -1.82. The van der Waals surface area contributed by atoms with Crippen LogP contribution in [0.15, 0.2) is 12.7 Å². The number of carbonyl (C=O) groups is 2. The molecule has 6 heteroatoms. The van der Waals surface area contributed by atoms with Gasteiger partial charge in [-0.05, 0) is 26.3 Å². The van der Waals surface area contributed by atoms with E-state index in [0.29, 0.717) is 10.6 Å². The predicted molar refractivity (Wildman–Crippen MR) is 74.9 cm³/mol. The standard InChI is InChI=1S/C13H17NO4S/c1-5-7-18-13(16)14-11-10(12(15)17-6-2)8(3)9(4)19-11/h5H,1,6-7H2,2-4H3,(H,14,16). The largest absolute Gasteiger partial charge is 0.462 e. The number of amides is 1. The molecule has 0 unspecified atom stereocenters. The Morgan fingerprint density at radius 2 is 2.05 bits per heavy atom. The number of esters is 1. The lowest BCUT2D eigenvalue weighted by atomic mass is 10.1. The summed E-state index contributed by atoms with van der Waals surface area (Å²) in [5, 5.41) is 3.00. The van der Waals surface area contributed by atoms with E-state index in [1.54, 1.807) is 6.92 Å². The summed E-state index contributed by atoms with van der Waals surface area (Å²) in [5.74, 6) is -0.441. The minimum Gasteiger partial charge on any atom is -0.462 e. The third kappa shape index (κ3) is 3.82. The number of rotatable bonds is 5. The van der Waals surface area contributed by atoms with Crippen LogP contribution in [0.3, 0.4) is 0 Å². The lowest BCUT2D eigenvalue weighted by molar-refractivity contribution is 0.0527. The van der Waals surface area contributed by atoms with Crippen LogP contribution in [0.5, 0.6) is 0 Å². The zero-order valence-corrected chi connectivity index (χ0v) is 12.1. The maximum absolute atomic E-state index is 11.9. The van der Waals surface area contributed by atoms with Gasteiger partial charge in [0.25, 0.3) is 0 Å². The van der Waals surface area contributed by atoms with E-state index in [1.165, 1.54) is 17.4 Å². The van der Waals surface area contributed by atoms with E-state index >= 15 is 0 Å². The summed E-state index contributed by atoms with van der Waals surface area (Å²) >= 11 is 1.32. The van der Waals surface area contributed by atoms with E-state index < -0.39 is 12.1 Å². The van der Waals surface area contributed by atoms with Crippen molar-refractivity contribution in [3.05, 3.63) is 28.7 Å². The maximum Gasteiger partial charge on any atom is 0.412 e. The second kappa shape index (κ2) is 6.94. The van der Waals surface area contributed by atoms with Crippen molar-refractivity contribution in [3.8, 4) is 0 Å². The van der Waals surface area contributed by atoms with Gasteiger partial charge in [-0.15, -0.1) is 11.3 Å². The summed E-state index contributed by atoms with van der Waals surface area (Å²) in [7, 11) is 0. The van der Waals surface area contributed by atoms with Crippen molar-refractivity contribution in [2.24, 2.45) is 0 Å². The van der Waals surface area contributed by atoms with Crippen molar-refractivity contribution in [2.45, 2.75) is 20.8 Å². The SMILES string of the molecule is C=CCOC(=O)Nc1sc(C)c(C)c1C(=O)OCC. The average Bonchev–Trinajstić information content (AvgIpc) is 2.62. The van der Waals surface area contributed by atoms with E-state index in [4.69, 9.17) is 9.47 Å². The first-order chi connectivity index (χ1) is 9.01. The van der Waals surface area contributed by atoms with Crippen LogP contribution in [0.2, 0.25) is 0 Å². The molecule has 0 aliphatic carbocycles. The molecule has 104 valence electrons. The lowest BCUT2D eigenvalue weighted by Gasteiger charge is -2.06. The second-order valence-corrected chi connectivity index (χ2v) is 4.94. The maximum atomic E-state index is 11.9. The van der Waals surface area contributed by atoms with Crippen LogP contribution in [-0.4, -0.2) is 25.3 Å². The molecule has 0 radical (unpaired) electrons. The van der Waals surface area contributed by atoms with E-state index in [1.807, 2.05) is 13.8 Å². The van der Waals surface area contributed by atoms with Gasteiger partial charge in [0.1, 0.15) is 11.6 Å². The summed E-state index contributed by atoms with van der Waals surface area (Å²) in [4.78, 5) is 24.3. The van der Waals surface area contributed by atoms with Gasteiger partial charge in [-0.2, -0.15) is 0 Å². The minimum absolute atomic E-state index is 0.115. The highest BCUT2D eigenvalue weighted by atomic mass is 32.1. The summed E-state index contributed by atoms with van der Waals surface area (Å²) in [6.07, 6.45) is 0.850. The van der Waals surface area contributed by atoms with Crippen molar-refractivity contribution in [1.29, 1.82) is 0 Å². The summed E-state index contributed by atoms with van der Waals surface area (Å²) in [6.45, 7) is 9.28. The van der Waals surface area contributed by atoms with Crippen LogP contribution in [0.25, 0.3) is 0 Å². The van der Waals surface area contributed by atoms with E-state index in [0.717, 1.165) is 10.4 Å². The number of ether oxygens (including phenoxy) is 2. The van der Waals surface area contributed by atoms with Crippen molar-refractivity contribution in [2.75, 3.05) is 18.5 Å². The van der Waals surface area contributed by atoms with Crippen molar-refractivity contribution < 1.29 is 19.1 Å². The predicted octanol–water partition coefficient (Wildman–Crippen LogP) is 3.28. The molecule has 0 saturated heterocycles. The number of hydrogen-bond acceptors (Lipinski definition) is 5. The Labute approximate surface area is 116 Å². The molecule has 0 spiro atoms. The molecule has 0 bridgehead atoms. The Morgan fingerprint density at radius 3 is 2.63 bits per heavy atom. The molecule has 0 saturated carbocycles. The minimum atomic E-state index is -0.619. The Kier molecular flexibility index (Phi) is 5.57. The number of carbonyl (C=O) groups excluding carboxylic acids is 2. The highest BCUT2D eigenvalue weighted by Crippen LogP contribution is 2.33. The normalized spacial score (nSPS) is 9.84. The third-order valence-electron chi connectivity index (χ3n) is 2.41. The van der Waals surface area contributed by atoms with Gasteiger partial charge in [-0.25, -0.2) is 9.59 Å². The van der Waals surface area contributed by atoms with Crippen molar-refractivity contribution in [3.63, 3.8) is 0 Å². The smallest absolute Gasteiger partial charge is 0.412 e. The first kappa shape index (κ1) is 15.2. The fourth-order valence-electron chi connectivity index (χ4n) is 1.43. The Morgan fingerprint density at radius 1 is 1.37 bits per heavy atom. The number of nitrogens with one attached hydrogen (secondary N) is 1. The summed E-state index contributed by atoms with van der Waals surface area (Å²) < 4.78 is 9.81. The number of hydrogen-bond donors (Lipinski definition) is 1. The van der Waals surface area contributed by atoms with Crippen LogP contribution in [0, 0.1) is 13.8 Å². The van der Waals surface area contributed by atoms with Crippen molar-refractivity contribution in [1.82, 2.24) is 0 Å². The second-order valence-electron chi connectivity index (χ2n) is 3.72. The van der Waals surface area contributed by atoms with Crippen LogP contribution < -0.4 is 5.32 Å². The van der Waals surface area contributed by atoms with Gasteiger partial charge >= 0.3 is 12.1 Å².